The number of aliphatic hydroxyl groups excluding tert-OH is 1. The Kier molecular flexibility index (Phi) is 10.00. The first-order chi connectivity index (χ1) is 19.0. The van der Waals surface area contributed by atoms with Gasteiger partial charge in [0.1, 0.15) is 0 Å². The second kappa shape index (κ2) is 13.8. The van der Waals surface area contributed by atoms with Gasteiger partial charge in [-0.2, -0.15) is 0 Å². The predicted octanol–water partition coefficient (Wildman–Crippen LogP) is 4.88. The average Bonchev–Trinajstić information content (AvgIpc) is 2.94. The van der Waals surface area contributed by atoms with E-state index in [2.05, 4.69) is 10.2 Å². The summed E-state index contributed by atoms with van der Waals surface area (Å²) >= 11 is 0. The van der Waals surface area contributed by atoms with Crippen LogP contribution in [-0.2, 0) is 9.59 Å². The molecule has 4 rings (SSSR count). The number of carboxylic acids is 1. The van der Waals surface area contributed by atoms with Crippen molar-refractivity contribution >= 4 is 23.3 Å². The lowest BCUT2D eigenvalue weighted by molar-refractivity contribution is -0.139. The van der Waals surface area contributed by atoms with Gasteiger partial charge in [-0.25, -0.2) is 4.79 Å². The molecule has 3 aromatic rings. The van der Waals surface area contributed by atoms with Gasteiger partial charge in [-0.05, 0) is 56.5 Å². The fraction of sp³-hybridized carbons (Fsp3) is 0.344. The molecule has 0 aromatic heterocycles. The molecule has 1 amide bonds. The van der Waals surface area contributed by atoms with Gasteiger partial charge in [0.15, 0.2) is 6.04 Å². The van der Waals surface area contributed by atoms with Gasteiger partial charge in [0.2, 0.25) is 5.91 Å². The number of para-hydroxylation sites is 1. The molecule has 7 heteroatoms. The number of hydrogen-bond donors (Lipinski definition) is 3. The standard InChI is InChI=1S/C32H37N3O4/c1-23-12-6-7-15-25(23)26(18-21-36)31(32(38)39)34-30(24-13-4-2-5-14-24)27-16-8-9-17-28(27)33-29(37)22-35-19-10-3-11-20-35/h2,4-9,12-17,26,31,36H,3,10-11,18-22H2,1H3,(H,33,37)(H,38,39)/t26-,31+/m0/s1. The second-order valence-corrected chi connectivity index (χ2v) is 10.0. The Bertz CT molecular complexity index is 1290. The van der Waals surface area contributed by atoms with Gasteiger partial charge in [0, 0.05) is 23.7 Å². The maximum atomic E-state index is 13.0. The number of amides is 1. The number of likely N-dealkylation sites (tertiary alicyclic amines) is 1. The Balaban J connectivity index is 1.76. The largest absolute Gasteiger partial charge is 0.480 e. The van der Waals surface area contributed by atoms with E-state index in [1.807, 2.05) is 85.8 Å². The first-order valence-corrected chi connectivity index (χ1v) is 13.6. The second-order valence-electron chi connectivity index (χ2n) is 10.0. The maximum Gasteiger partial charge on any atom is 0.329 e. The lowest BCUT2D eigenvalue weighted by atomic mass is 9.86. The highest BCUT2D eigenvalue weighted by atomic mass is 16.4. The first-order valence-electron chi connectivity index (χ1n) is 13.6. The van der Waals surface area contributed by atoms with Crippen molar-refractivity contribution in [2.24, 2.45) is 4.99 Å². The summed E-state index contributed by atoms with van der Waals surface area (Å²) in [5, 5.41) is 23.3. The quantitative estimate of drug-likeness (QED) is 0.309. The Morgan fingerprint density at radius 3 is 2.28 bits per heavy atom. The van der Waals surface area contributed by atoms with Crippen LogP contribution in [0.1, 0.15) is 53.9 Å². The lowest BCUT2D eigenvalue weighted by Crippen LogP contribution is -2.37. The van der Waals surface area contributed by atoms with Crippen LogP contribution in [-0.4, -0.2) is 65.0 Å². The van der Waals surface area contributed by atoms with Crippen LogP contribution in [0.5, 0.6) is 0 Å². The number of hydrogen-bond acceptors (Lipinski definition) is 5. The molecule has 39 heavy (non-hydrogen) atoms. The van der Waals surface area contributed by atoms with E-state index in [1.165, 1.54) is 6.42 Å². The third-order valence-electron chi connectivity index (χ3n) is 7.25. The zero-order valence-electron chi connectivity index (χ0n) is 22.4. The monoisotopic (exact) mass is 527 g/mol. The van der Waals surface area contributed by atoms with Crippen molar-refractivity contribution < 1.29 is 19.8 Å². The normalized spacial score (nSPS) is 15.9. The Morgan fingerprint density at radius 1 is 0.923 bits per heavy atom. The van der Waals surface area contributed by atoms with Crippen molar-refractivity contribution in [3.05, 3.63) is 101 Å². The summed E-state index contributed by atoms with van der Waals surface area (Å²) < 4.78 is 0. The molecule has 204 valence electrons. The van der Waals surface area contributed by atoms with Crippen LogP contribution in [0, 0.1) is 6.92 Å². The summed E-state index contributed by atoms with van der Waals surface area (Å²) in [5.74, 6) is -1.71. The molecule has 1 aliphatic heterocycles. The molecular weight excluding hydrogens is 490 g/mol. The summed E-state index contributed by atoms with van der Waals surface area (Å²) in [7, 11) is 0. The molecule has 0 spiro atoms. The van der Waals surface area contributed by atoms with Gasteiger partial charge in [-0.15, -0.1) is 0 Å². The van der Waals surface area contributed by atoms with Crippen LogP contribution >= 0.6 is 0 Å². The van der Waals surface area contributed by atoms with Crippen molar-refractivity contribution in [2.75, 3.05) is 31.6 Å². The van der Waals surface area contributed by atoms with Crippen LogP contribution in [0.25, 0.3) is 0 Å². The van der Waals surface area contributed by atoms with Gasteiger partial charge in [-0.1, -0.05) is 79.2 Å². The highest BCUT2D eigenvalue weighted by molar-refractivity contribution is 6.17. The van der Waals surface area contributed by atoms with Crippen LogP contribution in [0.3, 0.4) is 0 Å². The Morgan fingerprint density at radius 2 is 1.59 bits per heavy atom. The fourth-order valence-corrected chi connectivity index (χ4v) is 5.29. The Labute approximate surface area is 230 Å². The summed E-state index contributed by atoms with van der Waals surface area (Å²) in [5.41, 5.74) is 4.25. The van der Waals surface area contributed by atoms with E-state index >= 15 is 0 Å². The molecule has 0 unspecified atom stereocenters. The van der Waals surface area contributed by atoms with Crippen molar-refractivity contribution in [2.45, 2.75) is 44.6 Å². The predicted molar refractivity (Wildman–Crippen MR) is 154 cm³/mol. The molecule has 3 N–H and O–H groups in total. The number of carbonyl (C=O) groups excluding carboxylic acids is 1. The summed E-state index contributed by atoms with van der Waals surface area (Å²) in [4.78, 5) is 32.8. The number of piperidine rings is 1. The molecule has 0 radical (unpaired) electrons. The summed E-state index contributed by atoms with van der Waals surface area (Å²) in [6.07, 6.45) is 3.65. The smallest absolute Gasteiger partial charge is 0.329 e. The third kappa shape index (κ3) is 7.40. The maximum absolute atomic E-state index is 13.0. The van der Waals surface area contributed by atoms with Gasteiger partial charge in [0.25, 0.3) is 0 Å². The van der Waals surface area contributed by atoms with Gasteiger partial charge < -0.3 is 15.5 Å². The number of aryl methyl sites for hydroxylation is 1. The molecular formula is C32H37N3O4. The number of anilines is 1. The number of rotatable bonds is 11. The lowest BCUT2D eigenvalue weighted by Gasteiger charge is -2.26. The summed E-state index contributed by atoms with van der Waals surface area (Å²) in [6, 6.07) is 23.3. The van der Waals surface area contributed by atoms with Crippen LogP contribution in [0.2, 0.25) is 0 Å². The molecule has 7 nitrogen and oxygen atoms in total. The van der Waals surface area contributed by atoms with Crippen molar-refractivity contribution in [1.29, 1.82) is 0 Å². The highest BCUT2D eigenvalue weighted by Gasteiger charge is 2.31. The number of benzene rings is 3. The zero-order chi connectivity index (χ0) is 27.6. The third-order valence-corrected chi connectivity index (χ3v) is 7.25. The number of aliphatic carboxylic acids is 1. The average molecular weight is 528 g/mol. The van der Waals surface area contributed by atoms with Crippen molar-refractivity contribution in [1.82, 2.24) is 4.90 Å². The number of carbonyl (C=O) groups is 2. The van der Waals surface area contributed by atoms with E-state index in [-0.39, 0.29) is 18.9 Å². The van der Waals surface area contributed by atoms with E-state index in [0.29, 0.717) is 23.5 Å². The number of aliphatic hydroxyl groups is 1. The van der Waals surface area contributed by atoms with Crippen molar-refractivity contribution in [3.63, 3.8) is 0 Å². The number of carboxylic acid groups (broad SMARTS) is 1. The molecule has 3 aromatic carbocycles. The fourth-order valence-electron chi connectivity index (χ4n) is 5.29. The molecule has 1 aliphatic rings. The van der Waals surface area contributed by atoms with Crippen LogP contribution < -0.4 is 5.32 Å². The van der Waals surface area contributed by atoms with E-state index < -0.39 is 17.9 Å². The minimum Gasteiger partial charge on any atom is -0.480 e. The van der Waals surface area contributed by atoms with E-state index in [4.69, 9.17) is 4.99 Å². The Hall–Kier alpha value is -3.81. The first kappa shape index (κ1) is 28.2. The van der Waals surface area contributed by atoms with E-state index in [0.717, 1.165) is 42.6 Å². The van der Waals surface area contributed by atoms with Crippen LogP contribution in [0.4, 0.5) is 5.69 Å². The van der Waals surface area contributed by atoms with Gasteiger partial charge in [-0.3, -0.25) is 14.7 Å². The zero-order valence-corrected chi connectivity index (χ0v) is 22.4. The number of nitrogens with one attached hydrogen (secondary N) is 1. The molecule has 1 heterocycles. The molecule has 2 atom stereocenters. The minimum absolute atomic E-state index is 0.107. The molecule has 1 saturated heterocycles. The number of aliphatic imine (C=N–C) groups is 1. The summed E-state index contributed by atoms with van der Waals surface area (Å²) in [6.45, 7) is 3.92. The van der Waals surface area contributed by atoms with Gasteiger partial charge >= 0.3 is 5.97 Å². The minimum atomic E-state index is -1.15. The molecule has 0 aliphatic carbocycles. The molecule has 0 bridgehead atoms. The van der Waals surface area contributed by atoms with Crippen LogP contribution in [0.15, 0.2) is 83.9 Å². The highest BCUT2D eigenvalue weighted by Crippen LogP contribution is 2.30. The number of nitrogens with zero attached hydrogens (tertiary/aromatic N) is 2. The SMILES string of the molecule is Cc1ccccc1[C@H](CCO)[C@@H](N=C(c1ccccc1)c1ccccc1NC(=O)CN1CCCCC1)C(=O)O. The topological polar surface area (TPSA) is 102 Å². The van der Waals surface area contributed by atoms with E-state index in [1.54, 1.807) is 0 Å². The molecule has 1 fully saturated rings. The van der Waals surface area contributed by atoms with Crippen molar-refractivity contribution in [3.8, 4) is 0 Å². The van der Waals surface area contributed by atoms with Gasteiger partial charge in [0.05, 0.1) is 17.9 Å². The molecule has 0 saturated carbocycles. The van der Waals surface area contributed by atoms with E-state index in [9.17, 15) is 19.8 Å².